The number of phosphoric ester groups is 4. The Kier molecular flexibility index (Phi) is 15.9. The van der Waals surface area contributed by atoms with Crippen molar-refractivity contribution >= 4 is 31.3 Å². The summed E-state index contributed by atoms with van der Waals surface area (Å²) in [6.07, 6.45) is -17.5. The first kappa shape index (κ1) is 45.9. The first-order chi connectivity index (χ1) is 23.6. The molecule has 29 heteroatoms. The summed E-state index contributed by atoms with van der Waals surface area (Å²) in [5.41, 5.74) is 0. The van der Waals surface area contributed by atoms with Gasteiger partial charge in [0.2, 0.25) is 0 Å². The fraction of sp³-hybridized carbons (Fsp3) is 0.957. The molecule has 6 aliphatic rings. The summed E-state index contributed by atoms with van der Waals surface area (Å²) < 4.78 is 108. The topological polar surface area (TPSA) is 341 Å². The molecule has 6 rings (SSSR count). The molecule has 0 saturated carbocycles. The van der Waals surface area contributed by atoms with Crippen LogP contribution in [-0.4, -0.2) is 158 Å². The number of phosphoric acid groups is 4. The van der Waals surface area contributed by atoms with Crippen molar-refractivity contribution < 1.29 is 146 Å². The zero-order chi connectivity index (χ0) is 37.7. The second kappa shape index (κ2) is 18.0. The first-order valence-corrected chi connectivity index (χ1v) is 21.4. The van der Waals surface area contributed by atoms with Crippen LogP contribution in [0.1, 0.15) is 20.8 Å². The molecule has 0 spiro atoms. The fourth-order valence-electron chi connectivity index (χ4n) is 5.79. The molecule has 6 heterocycles. The van der Waals surface area contributed by atoms with Gasteiger partial charge in [-0.25, -0.2) is 18.3 Å². The van der Waals surface area contributed by atoms with Gasteiger partial charge in [0.05, 0.1) is 56.9 Å². The Labute approximate surface area is 321 Å². The van der Waals surface area contributed by atoms with E-state index in [-0.39, 0.29) is 32.7 Å². The van der Waals surface area contributed by atoms with Crippen LogP contribution in [0.4, 0.5) is 0 Å². The zero-order valence-electron chi connectivity index (χ0n) is 27.5. The van der Waals surface area contributed by atoms with Crippen molar-refractivity contribution in [3.05, 3.63) is 6.61 Å². The Morgan fingerprint density at radius 3 is 1.31 bits per heavy atom. The molecular formula is C23H41O24P4Y-. The van der Waals surface area contributed by atoms with Gasteiger partial charge in [0.25, 0.3) is 0 Å². The molecule has 0 aliphatic carbocycles. The molecule has 0 aromatic carbocycles. The van der Waals surface area contributed by atoms with Crippen molar-refractivity contribution in [3.8, 4) is 0 Å². The van der Waals surface area contributed by atoms with Crippen LogP contribution in [-0.2, 0) is 106 Å². The van der Waals surface area contributed by atoms with Crippen LogP contribution < -0.4 is 0 Å². The van der Waals surface area contributed by atoms with E-state index in [4.69, 9.17) is 55.1 Å². The molecule has 0 aromatic heterocycles. The minimum Gasteiger partial charge on any atom is -0.544 e. The van der Waals surface area contributed by atoms with Crippen LogP contribution in [0.5, 0.6) is 0 Å². The molecule has 1 radical (unpaired) electrons. The van der Waals surface area contributed by atoms with E-state index in [9.17, 15) is 58.3 Å². The molecule has 6 fully saturated rings. The van der Waals surface area contributed by atoms with E-state index in [1.165, 1.54) is 20.8 Å². The molecule has 6 aliphatic heterocycles. The van der Waals surface area contributed by atoms with Crippen LogP contribution in [0.15, 0.2) is 0 Å². The van der Waals surface area contributed by atoms with Crippen molar-refractivity contribution in [3.63, 3.8) is 0 Å². The molecule has 52 heavy (non-hydrogen) atoms. The van der Waals surface area contributed by atoms with Crippen LogP contribution in [0.25, 0.3) is 0 Å². The van der Waals surface area contributed by atoms with Crippen molar-refractivity contribution in [2.75, 3.05) is 26.4 Å². The Bertz CT molecular complexity index is 1410. The second-order valence-electron chi connectivity index (χ2n) is 12.2. The van der Waals surface area contributed by atoms with Gasteiger partial charge in [-0.05, 0) is 26.9 Å². The summed E-state index contributed by atoms with van der Waals surface area (Å²) in [5.74, 6) is 0. The largest absolute Gasteiger partial charge is 0.544 e. The number of aliphatic hydroxyl groups is 4. The standard InChI is InChI=1S/C12H22O12P2.C11H19O12P2.Y/c1-5-9(13)12-8(21-5)4-20-25(15,16)23-11-6(2)22-7(10(11)14)3-19-26(17,18)24-12;1-5-11-10(13)7(21-5)4-20-24(14,15)22-8-2-18-6(9(8)12)3-19-25(16,17)23-11;/h5-14H,3-4H2,1-2H3,(H,15,16)(H,17,18);2,5-13H,3-4H2,1H3,(H,14,15)(H,16,17);/q;-1;. The van der Waals surface area contributed by atoms with E-state index in [2.05, 4.69) is 0 Å². The molecule has 0 aromatic rings. The zero-order valence-corrected chi connectivity index (χ0v) is 34.0. The maximum atomic E-state index is 12.2. The van der Waals surface area contributed by atoms with Gasteiger partial charge in [0.15, 0.2) is 0 Å². The third-order valence-corrected chi connectivity index (χ3v) is 12.4. The summed E-state index contributed by atoms with van der Waals surface area (Å²) in [6.45, 7) is 3.18. The van der Waals surface area contributed by atoms with Gasteiger partial charge in [-0.1, -0.05) is 0 Å². The number of hydrogen-bond donors (Lipinski definition) is 8. The predicted octanol–water partition coefficient (Wildman–Crippen LogP) is -1.63. The quantitative estimate of drug-likeness (QED) is 0.0999. The number of rotatable bonds is 0. The number of aliphatic hydroxyl groups excluding tert-OH is 4. The van der Waals surface area contributed by atoms with Crippen molar-refractivity contribution in [2.24, 2.45) is 0 Å². The van der Waals surface area contributed by atoms with E-state index in [1.807, 2.05) is 0 Å². The van der Waals surface area contributed by atoms with E-state index in [0.29, 0.717) is 0 Å². The minimum absolute atomic E-state index is 0. The summed E-state index contributed by atoms with van der Waals surface area (Å²) in [7, 11) is -18.5. The predicted molar refractivity (Wildman–Crippen MR) is 159 cm³/mol. The van der Waals surface area contributed by atoms with E-state index < -0.39 is 149 Å². The normalized spacial score (nSPS) is 54.6. The Morgan fingerprint density at radius 2 is 0.846 bits per heavy atom. The average molecular weight is 914 g/mol. The van der Waals surface area contributed by atoms with E-state index in [0.717, 1.165) is 6.61 Å². The number of ether oxygens (including phenoxy) is 4. The van der Waals surface area contributed by atoms with Gasteiger partial charge < -0.3 is 63.5 Å². The maximum Gasteiger partial charge on any atom is 0.472 e. The summed E-state index contributed by atoms with van der Waals surface area (Å²) in [4.78, 5) is 39.3. The van der Waals surface area contributed by atoms with Gasteiger partial charge in [0.1, 0.15) is 54.9 Å². The van der Waals surface area contributed by atoms with E-state index in [1.54, 1.807) is 0 Å². The third-order valence-electron chi connectivity index (χ3n) is 8.45. The molecule has 6 saturated heterocycles. The molecule has 19 atom stereocenters. The van der Waals surface area contributed by atoms with Gasteiger partial charge in [-0.15, -0.1) is 0 Å². The van der Waals surface area contributed by atoms with Crippen molar-refractivity contribution in [2.45, 2.75) is 112 Å². The average Bonchev–Trinajstić information content (AvgIpc) is 3.68. The van der Waals surface area contributed by atoms with Crippen LogP contribution >= 0.6 is 31.3 Å². The molecule has 19 unspecified atom stereocenters. The second-order valence-corrected chi connectivity index (χ2v) is 17.9. The molecule has 24 nitrogen and oxygen atoms in total. The molecule has 0 amide bonds. The molecular weight excluding hydrogens is 873 g/mol. The smallest absolute Gasteiger partial charge is 0.472 e. The van der Waals surface area contributed by atoms with Crippen LogP contribution in [0.3, 0.4) is 0 Å². The van der Waals surface area contributed by atoms with Crippen LogP contribution in [0.2, 0.25) is 0 Å². The monoisotopic (exact) mass is 914 g/mol. The summed E-state index contributed by atoms with van der Waals surface area (Å²) in [5, 5.41) is 40.4. The molecule has 301 valence electrons. The SMILES string of the molecule is CC1OC2COP(=O)(O)OC3C(C)OC(COP(=O)(O)OC2C1O)C3O.CC1OC2COP(=O)(O)OC3[CH-]OC(COP(=O)(O)OC1C2O)C3O.[Y]. The Balaban J connectivity index is 0.000000228. The molecule has 6 bridgehead atoms. The fourth-order valence-corrected chi connectivity index (χ4v) is 9.63. The summed E-state index contributed by atoms with van der Waals surface area (Å²) >= 11 is 0. The summed E-state index contributed by atoms with van der Waals surface area (Å²) in [6, 6.07) is 0. The van der Waals surface area contributed by atoms with Gasteiger partial charge in [0, 0.05) is 32.7 Å². The number of hydrogen-bond acceptors (Lipinski definition) is 20. The number of fused-ring (bicyclic) bond motifs is 7. The van der Waals surface area contributed by atoms with Crippen molar-refractivity contribution in [1.82, 2.24) is 0 Å². The van der Waals surface area contributed by atoms with E-state index >= 15 is 0 Å². The molecule has 8 N–H and O–H groups in total. The Hall–Kier alpha value is 1.22. The first-order valence-electron chi connectivity index (χ1n) is 15.4. The van der Waals surface area contributed by atoms with Gasteiger partial charge >= 0.3 is 31.3 Å². The van der Waals surface area contributed by atoms with Crippen molar-refractivity contribution in [1.29, 1.82) is 0 Å². The minimum atomic E-state index is -4.66. The third kappa shape index (κ3) is 11.5. The maximum absolute atomic E-state index is 12.2. The van der Waals surface area contributed by atoms with Gasteiger partial charge in [-0.3, -0.25) is 31.7 Å². The van der Waals surface area contributed by atoms with Gasteiger partial charge in [-0.2, -0.15) is 6.61 Å². The van der Waals surface area contributed by atoms with Crippen LogP contribution in [0, 0.1) is 6.61 Å². The Morgan fingerprint density at radius 1 is 0.481 bits per heavy atom.